The van der Waals surface area contributed by atoms with Gasteiger partial charge < -0.3 is 16.2 Å². The van der Waals surface area contributed by atoms with Crippen molar-refractivity contribution >= 4 is 21.8 Å². The summed E-state index contributed by atoms with van der Waals surface area (Å²) in [6.45, 7) is 9.09. The molecule has 2 aliphatic carbocycles. The molecule has 3 aliphatic rings. The molecule has 0 aromatic heterocycles. The summed E-state index contributed by atoms with van der Waals surface area (Å²) in [6, 6.07) is -0.654. The number of hydrogen-bond acceptors (Lipinski definition) is 5. The van der Waals surface area contributed by atoms with Crippen molar-refractivity contribution in [2.75, 3.05) is 19.7 Å². The molecule has 6 nitrogen and oxygen atoms in total. The molecule has 1 aliphatic heterocycles. The minimum atomic E-state index is -0.717. The van der Waals surface area contributed by atoms with E-state index in [-0.39, 0.29) is 42.9 Å². The second-order valence-corrected chi connectivity index (χ2v) is 11.0. The van der Waals surface area contributed by atoms with Crippen molar-refractivity contribution < 1.29 is 19.1 Å². The third-order valence-corrected chi connectivity index (χ3v) is 8.60. The van der Waals surface area contributed by atoms with E-state index in [1.807, 2.05) is 6.08 Å². The summed E-state index contributed by atoms with van der Waals surface area (Å²) in [7, 11) is 0. The van der Waals surface area contributed by atoms with Crippen molar-refractivity contribution in [3.05, 3.63) is 22.0 Å². The number of carbonyl (C=O) groups is 1. The third kappa shape index (κ3) is 5.08. The van der Waals surface area contributed by atoms with Crippen LogP contribution >= 0.6 is 15.9 Å². The van der Waals surface area contributed by atoms with Gasteiger partial charge in [0.15, 0.2) is 0 Å². The molecule has 2 fully saturated rings. The van der Waals surface area contributed by atoms with Crippen molar-refractivity contribution in [3.63, 3.8) is 0 Å². The van der Waals surface area contributed by atoms with Crippen molar-refractivity contribution in [1.82, 2.24) is 10.4 Å². The number of halogens is 2. The molecule has 1 saturated heterocycles. The zero-order valence-electron chi connectivity index (χ0n) is 19.0. The Morgan fingerprint density at radius 1 is 1.45 bits per heavy atom. The first-order valence-corrected chi connectivity index (χ1v) is 12.2. The third-order valence-electron chi connectivity index (χ3n) is 7.86. The van der Waals surface area contributed by atoms with E-state index >= 15 is 0 Å². The molecule has 1 amide bonds. The van der Waals surface area contributed by atoms with E-state index in [0.29, 0.717) is 28.3 Å². The van der Waals surface area contributed by atoms with Gasteiger partial charge in [0.1, 0.15) is 11.9 Å². The standard InChI is InChI=1S/C23H37BrFN3O3/c1-13-14(2)23(3,4)9-8-18(13)27-22(30)21-16(12-29)19(10-26)31-28(21)11-15-6-5-7-17(24)20(15)25/h6,13-14,16,18-19,21,29H,5,7-12,26H2,1-4H3,(H,27,30)/t13?,14-,16+,18-,19?,21-/m0/s1. The fourth-order valence-corrected chi connectivity index (χ4v) is 5.71. The lowest BCUT2D eigenvalue weighted by molar-refractivity contribution is -0.164. The van der Waals surface area contributed by atoms with Gasteiger partial charge in [0.05, 0.1) is 19.3 Å². The normalized spacial score (nSPS) is 36.5. The Bertz CT molecular complexity index is 742. The number of nitrogens with zero attached hydrogens (tertiary/aromatic N) is 1. The SMILES string of the molecule is CC1[C@@H](NC(=O)[C@@H]2[C@H](CO)C(CN)ON2CC2=CCCC(Br)=C2F)CCC(C)(C)[C@H]1C. The highest BCUT2D eigenvalue weighted by Crippen LogP contribution is 2.44. The van der Waals surface area contributed by atoms with Gasteiger partial charge >= 0.3 is 0 Å². The van der Waals surface area contributed by atoms with Crippen LogP contribution in [0.4, 0.5) is 4.39 Å². The van der Waals surface area contributed by atoms with E-state index < -0.39 is 18.1 Å². The van der Waals surface area contributed by atoms with Gasteiger partial charge in [-0.3, -0.25) is 9.63 Å². The van der Waals surface area contributed by atoms with Crippen LogP contribution in [0.15, 0.2) is 22.0 Å². The van der Waals surface area contributed by atoms with Crippen LogP contribution in [0.2, 0.25) is 0 Å². The molecule has 176 valence electrons. The average Bonchev–Trinajstić information content (AvgIpc) is 3.09. The predicted molar refractivity (Wildman–Crippen MR) is 123 cm³/mol. The lowest BCUT2D eigenvalue weighted by Crippen LogP contribution is -2.55. The predicted octanol–water partition coefficient (Wildman–Crippen LogP) is 3.41. The summed E-state index contributed by atoms with van der Waals surface area (Å²) in [6.07, 6.45) is 4.67. The van der Waals surface area contributed by atoms with E-state index in [1.165, 1.54) is 5.06 Å². The average molecular weight is 502 g/mol. The van der Waals surface area contributed by atoms with Gasteiger partial charge in [-0.2, -0.15) is 5.06 Å². The summed E-state index contributed by atoms with van der Waals surface area (Å²) < 4.78 is 15.2. The molecule has 0 aromatic carbocycles. The topological polar surface area (TPSA) is 87.8 Å². The molecule has 8 heteroatoms. The molecule has 4 N–H and O–H groups in total. The number of allylic oxidation sites excluding steroid dienone is 2. The lowest BCUT2D eigenvalue weighted by Gasteiger charge is -2.45. The minimum Gasteiger partial charge on any atom is -0.396 e. The molecular weight excluding hydrogens is 465 g/mol. The van der Waals surface area contributed by atoms with Crippen molar-refractivity contribution in [3.8, 4) is 0 Å². The molecule has 3 rings (SSSR count). The van der Waals surface area contributed by atoms with Crippen LogP contribution in [0.5, 0.6) is 0 Å². The Kier molecular flexibility index (Phi) is 8.01. The van der Waals surface area contributed by atoms with E-state index in [2.05, 4.69) is 48.9 Å². The second kappa shape index (κ2) is 10.00. The number of hydroxylamine groups is 2. The Balaban J connectivity index is 1.78. The highest BCUT2D eigenvalue weighted by Gasteiger charge is 2.48. The monoisotopic (exact) mass is 501 g/mol. The smallest absolute Gasteiger partial charge is 0.240 e. The van der Waals surface area contributed by atoms with E-state index in [0.717, 1.165) is 19.3 Å². The van der Waals surface area contributed by atoms with Crippen molar-refractivity contribution in [2.45, 2.75) is 71.6 Å². The maximum Gasteiger partial charge on any atom is 0.240 e. The van der Waals surface area contributed by atoms with Gasteiger partial charge in [0.2, 0.25) is 5.91 Å². The quantitative estimate of drug-likeness (QED) is 0.518. The van der Waals surface area contributed by atoms with Gasteiger partial charge in [0, 0.05) is 28.6 Å². The van der Waals surface area contributed by atoms with Gasteiger partial charge in [-0.25, -0.2) is 4.39 Å². The van der Waals surface area contributed by atoms with Gasteiger partial charge in [-0.1, -0.05) is 49.7 Å². The maximum absolute atomic E-state index is 14.6. The van der Waals surface area contributed by atoms with Crippen LogP contribution in [0, 0.1) is 23.2 Å². The highest BCUT2D eigenvalue weighted by atomic mass is 79.9. The van der Waals surface area contributed by atoms with E-state index in [9.17, 15) is 14.3 Å². The first kappa shape index (κ1) is 24.8. The minimum absolute atomic E-state index is 0.0633. The fourth-order valence-electron chi connectivity index (χ4n) is 5.23. The lowest BCUT2D eigenvalue weighted by atomic mass is 9.63. The zero-order chi connectivity index (χ0) is 22.9. The molecule has 0 bridgehead atoms. The number of hydrogen-bond donors (Lipinski definition) is 3. The first-order chi connectivity index (χ1) is 14.6. The Morgan fingerprint density at radius 2 is 2.16 bits per heavy atom. The molecule has 1 saturated carbocycles. The van der Waals surface area contributed by atoms with Crippen LogP contribution in [0.1, 0.15) is 53.4 Å². The molecule has 31 heavy (non-hydrogen) atoms. The van der Waals surface area contributed by atoms with Gasteiger partial charge in [-0.15, -0.1) is 0 Å². The molecule has 6 atom stereocenters. The van der Waals surface area contributed by atoms with Crippen molar-refractivity contribution in [2.24, 2.45) is 28.9 Å². The van der Waals surface area contributed by atoms with Crippen LogP contribution in [0.25, 0.3) is 0 Å². The maximum atomic E-state index is 14.6. The molecule has 1 heterocycles. The molecule has 0 spiro atoms. The summed E-state index contributed by atoms with van der Waals surface area (Å²) >= 11 is 3.29. The summed E-state index contributed by atoms with van der Waals surface area (Å²) in [5.41, 5.74) is 6.60. The molecule has 2 unspecified atom stereocenters. The van der Waals surface area contributed by atoms with E-state index in [4.69, 9.17) is 10.6 Å². The summed E-state index contributed by atoms with van der Waals surface area (Å²) in [4.78, 5) is 19.4. The van der Waals surface area contributed by atoms with Gasteiger partial charge in [0.25, 0.3) is 0 Å². The van der Waals surface area contributed by atoms with Crippen LogP contribution in [0.3, 0.4) is 0 Å². The van der Waals surface area contributed by atoms with Gasteiger partial charge in [-0.05, 0) is 42.9 Å². The van der Waals surface area contributed by atoms with Crippen molar-refractivity contribution in [1.29, 1.82) is 0 Å². The number of aliphatic hydroxyl groups is 1. The molecule has 0 radical (unpaired) electrons. The first-order valence-electron chi connectivity index (χ1n) is 11.4. The molecule has 0 aromatic rings. The molecular formula is C23H37BrFN3O3. The number of rotatable bonds is 6. The largest absolute Gasteiger partial charge is 0.396 e. The Morgan fingerprint density at radius 3 is 2.81 bits per heavy atom. The Labute approximate surface area is 193 Å². The number of aliphatic hydroxyl groups excluding tert-OH is 1. The number of carbonyl (C=O) groups excluding carboxylic acids is 1. The summed E-state index contributed by atoms with van der Waals surface area (Å²) in [5.74, 6) is -0.144. The fraction of sp³-hybridized carbons (Fsp3) is 0.783. The number of amides is 1. The zero-order valence-corrected chi connectivity index (χ0v) is 20.6. The second-order valence-electron chi connectivity index (χ2n) is 10.0. The van der Waals surface area contributed by atoms with Crippen LogP contribution in [-0.2, 0) is 9.63 Å². The Hall–Kier alpha value is -0.800. The number of nitrogens with one attached hydrogen (secondary N) is 1. The highest BCUT2D eigenvalue weighted by molar-refractivity contribution is 9.11. The summed E-state index contributed by atoms with van der Waals surface area (Å²) in [5, 5.41) is 14.8. The van der Waals surface area contributed by atoms with Crippen LogP contribution in [-0.4, -0.2) is 54.0 Å². The van der Waals surface area contributed by atoms with Crippen LogP contribution < -0.4 is 11.1 Å². The van der Waals surface area contributed by atoms with E-state index in [1.54, 1.807) is 0 Å². The number of nitrogens with two attached hydrogens (primary N) is 1.